The predicted octanol–water partition coefficient (Wildman–Crippen LogP) is 5.95. The quantitative estimate of drug-likeness (QED) is 0.221. The Balaban J connectivity index is 2.67. The van der Waals surface area contributed by atoms with Crippen LogP contribution in [0.5, 0.6) is 0 Å². The molecular formula is C37H51N3O6. The summed E-state index contributed by atoms with van der Waals surface area (Å²) in [5, 5.41) is 5.65. The Morgan fingerprint density at radius 3 is 1.93 bits per heavy atom. The molecule has 0 fully saturated rings. The fraction of sp³-hybridized carbons (Fsp3) is 0.514. The van der Waals surface area contributed by atoms with Crippen molar-refractivity contribution in [2.75, 3.05) is 0 Å². The summed E-state index contributed by atoms with van der Waals surface area (Å²) in [5.41, 5.74) is 0.0530. The van der Waals surface area contributed by atoms with Crippen molar-refractivity contribution in [2.24, 2.45) is 5.92 Å². The first-order valence-corrected chi connectivity index (χ1v) is 15.8. The zero-order chi connectivity index (χ0) is 34.8. The number of nitrogens with one attached hydrogen (secondary N) is 2. The largest absolute Gasteiger partial charge is 0.458 e. The van der Waals surface area contributed by atoms with Crippen LogP contribution in [0.15, 0.2) is 54.6 Å². The highest BCUT2D eigenvalue weighted by Gasteiger charge is 2.41. The van der Waals surface area contributed by atoms with Gasteiger partial charge in [0.25, 0.3) is 0 Å². The molecule has 0 saturated carbocycles. The lowest BCUT2D eigenvalue weighted by atomic mass is 9.93. The van der Waals surface area contributed by atoms with Gasteiger partial charge in [0.05, 0.1) is 0 Å². The van der Waals surface area contributed by atoms with Gasteiger partial charge in [-0.25, -0.2) is 9.59 Å². The van der Waals surface area contributed by atoms with Gasteiger partial charge in [0.15, 0.2) is 0 Å². The molecule has 9 heteroatoms. The van der Waals surface area contributed by atoms with Gasteiger partial charge in [0.2, 0.25) is 11.8 Å². The van der Waals surface area contributed by atoms with Crippen molar-refractivity contribution in [3.63, 3.8) is 0 Å². The van der Waals surface area contributed by atoms with E-state index in [9.17, 15) is 19.2 Å². The number of carbonyl (C=O) groups excluding carboxylic acids is 4. The van der Waals surface area contributed by atoms with Gasteiger partial charge in [-0.2, -0.15) is 0 Å². The maximum Gasteiger partial charge on any atom is 0.408 e. The molecule has 3 amide bonds. The van der Waals surface area contributed by atoms with Gasteiger partial charge in [0.1, 0.15) is 29.3 Å². The van der Waals surface area contributed by atoms with Crippen LogP contribution in [0.25, 0.3) is 0 Å². The minimum Gasteiger partial charge on any atom is -0.458 e. The number of carbonyl (C=O) groups is 4. The van der Waals surface area contributed by atoms with Crippen molar-refractivity contribution in [1.29, 1.82) is 0 Å². The molecule has 0 aliphatic heterocycles. The average molecular weight is 634 g/mol. The highest BCUT2D eigenvalue weighted by molar-refractivity contribution is 5.94. The van der Waals surface area contributed by atoms with Crippen LogP contribution in [0.3, 0.4) is 0 Å². The number of nitrogens with zero attached hydrogens (tertiary/aromatic N) is 1. The fourth-order valence-electron chi connectivity index (χ4n) is 4.91. The van der Waals surface area contributed by atoms with E-state index in [0.29, 0.717) is 17.5 Å². The molecule has 4 atom stereocenters. The second kappa shape index (κ2) is 16.3. The Hall–Kier alpha value is -4.32. The third-order valence-electron chi connectivity index (χ3n) is 7.19. The third-order valence-corrected chi connectivity index (χ3v) is 7.19. The molecule has 250 valence electrons. The molecule has 0 saturated heterocycles. The molecule has 0 heterocycles. The van der Waals surface area contributed by atoms with E-state index in [1.807, 2.05) is 44.2 Å². The molecule has 2 aromatic rings. The third kappa shape index (κ3) is 11.2. The van der Waals surface area contributed by atoms with Crippen LogP contribution in [-0.4, -0.2) is 58.1 Å². The van der Waals surface area contributed by atoms with Crippen LogP contribution < -0.4 is 10.6 Å². The number of rotatable bonds is 12. The second-order valence-corrected chi connectivity index (χ2v) is 13.8. The molecule has 46 heavy (non-hydrogen) atoms. The molecule has 4 unspecified atom stereocenters. The van der Waals surface area contributed by atoms with E-state index in [-0.39, 0.29) is 12.3 Å². The van der Waals surface area contributed by atoms with Gasteiger partial charge in [-0.3, -0.25) is 9.59 Å². The Morgan fingerprint density at radius 2 is 1.41 bits per heavy atom. The number of esters is 1. The maximum absolute atomic E-state index is 14.5. The van der Waals surface area contributed by atoms with Crippen LogP contribution >= 0.6 is 0 Å². The van der Waals surface area contributed by atoms with Gasteiger partial charge >= 0.3 is 12.1 Å². The van der Waals surface area contributed by atoms with Crippen LogP contribution in [-0.2, 0) is 30.3 Å². The number of alkyl carbamates (subject to hydrolysis) is 1. The van der Waals surface area contributed by atoms with Gasteiger partial charge in [-0.05, 0) is 78.5 Å². The molecule has 9 nitrogen and oxygen atoms in total. The summed E-state index contributed by atoms with van der Waals surface area (Å²) in [4.78, 5) is 56.9. The van der Waals surface area contributed by atoms with Crippen LogP contribution in [0.4, 0.5) is 4.79 Å². The van der Waals surface area contributed by atoms with Crippen LogP contribution in [0, 0.1) is 18.3 Å². The summed E-state index contributed by atoms with van der Waals surface area (Å²) < 4.78 is 11.2. The van der Waals surface area contributed by atoms with Gasteiger partial charge in [0, 0.05) is 18.0 Å². The lowest BCUT2D eigenvalue weighted by molar-refractivity contribution is -0.159. The summed E-state index contributed by atoms with van der Waals surface area (Å²) in [5.74, 6) is 0.615. The molecule has 2 aromatic carbocycles. The zero-order valence-electron chi connectivity index (χ0n) is 29.0. The van der Waals surface area contributed by atoms with E-state index in [1.165, 1.54) is 4.90 Å². The van der Waals surface area contributed by atoms with Gasteiger partial charge in [-0.15, -0.1) is 6.42 Å². The van der Waals surface area contributed by atoms with Crippen molar-refractivity contribution in [1.82, 2.24) is 15.5 Å². The van der Waals surface area contributed by atoms with E-state index >= 15 is 0 Å². The lowest BCUT2D eigenvalue weighted by Gasteiger charge is -2.39. The molecule has 0 aromatic heterocycles. The number of terminal acetylenes is 1. The summed E-state index contributed by atoms with van der Waals surface area (Å²) in [6.45, 7) is 17.8. The molecule has 0 aliphatic rings. The predicted molar refractivity (Wildman–Crippen MR) is 180 cm³/mol. The maximum atomic E-state index is 14.5. The number of hydrogen-bond acceptors (Lipinski definition) is 6. The summed E-state index contributed by atoms with van der Waals surface area (Å²) >= 11 is 0. The molecule has 2 N–H and O–H groups in total. The van der Waals surface area contributed by atoms with Gasteiger partial charge in [-0.1, -0.05) is 74.7 Å². The molecule has 0 aliphatic carbocycles. The first-order chi connectivity index (χ1) is 21.4. The normalized spacial score (nSPS) is 14.2. The van der Waals surface area contributed by atoms with E-state index in [0.717, 1.165) is 5.56 Å². The molecule has 0 spiro atoms. The Bertz CT molecular complexity index is 1380. The Kier molecular flexibility index (Phi) is 13.4. The second-order valence-electron chi connectivity index (χ2n) is 13.8. The molecule has 2 rings (SSSR count). The topological polar surface area (TPSA) is 114 Å². The van der Waals surface area contributed by atoms with Crippen LogP contribution in [0.1, 0.15) is 98.4 Å². The van der Waals surface area contributed by atoms with Crippen molar-refractivity contribution < 1.29 is 28.7 Å². The summed E-state index contributed by atoms with van der Waals surface area (Å²) in [6.07, 6.45) is 5.87. The first-order valence-electron chi connectivity index (χ1n) is 15.8. The Morgan fingerprint density at radius 1 is 0.848 bits per heavy atom. The van der Waals surface area contributed by atoms with Crippen molar-refractivity contribution in [3.05, 3.63) is 71.3 Å². The minimum atomic E-state index is -1.24. The lowest BCUT2D eigenvalue weighted by Crippen LogP contribution is -2.58. The number of benzene rings is 2. The van der Waals surface area contributed by atoms with Crippen molar-refractivity contribution in [3.8, 4) is 12.3 Å². The van der Waals surface area contributed by atoms with Crippen molar-refractivity contribution in [2.45, 2.75) is 117 Å². The summed E-state index contributed by atoms with van der Waals surface area (Å²) in [6, 6.07) is 12.3. The summed E-state index contributed by atoms with van der Waals surface area (Å²) in [7, 11) is 0. The van der Waals surface area contributed by atoms with E-state index in [4.69, 9.17) is 15.9 Å². The highest BCUT2D eigenvalue weighted by atomic mass is 16.6. The first kappa shape index (κ1) is 37.9. The molecular weight excluding hydrogens is 582 g/mol. The monoisotopic (exact) mass is 633 g/mol. The van der Waals surface area contributed by atoms with E-state index in [1.54, 1.807) is 79.7 Å². The van der Waals surface area contributed by atoms with E-state index in [2.05, 4.69) is 16.6 Å². The number of hydrogen-bond donors (Lipinski definition) is 2. The number of ether oxygens (including phenoxy) is 2. The zero-order valence-corrected chi connectivity index (χ0v) is 29.0. The average Bonchev–Trinajstić information content (AvgIpc) is 2.96. The van der Waals surface area contributed by atoms with Gasteiger partial charge < -0.3 is 25.0 Å². The van der Waals surface area contributed by atoms with Crippen molar-refractivity contribution >= 4 is 23.9 Å². The number of amides is 3. The minimum absolute atomic E-state index is 0.163. The standard InChI is InChI=1S/C37H51N3O6/c1-12-25(5)30(39-35(44)46-37(9,10)11)33(42)40(24(3)4)31(28-22-18-17-21-27(28)13-2)32(41)38-29(34(43)45-36(6,7)8)23-26-19-15-14-16-20-26/h2,14-22,24-25,29-31H,12,23H2,1,3-11H3,(H,38,41)(H,39,44). The molecule has 0 bridgehead atoms. The fourth-order valence-corrected chi connectivity index (χ4v) is 4.91. The smallest absolute Gasteiger partial charge is 0.408 e. The molecule has 0 radical (unpaired) electrons. The SMILES string of the molecule is C#Cc1ccccc1C(C(=O)NC(Cc1ccccc1)C(=O)OC(C)(C)C)N(C(=O)C(NC(=O)OC(C)(C)C)C(C)CC)C(C)C. The van der Waals surface area contributed by atoms with Crippen LogP contribution in [0.2, 0.25) is 0 Å². The Labute approximate surface area is 274 Å². The highest BCUT2D eigenvalue weighted by Crippen LogP contribution is 2.29. The van der Waals surface area contributed by atoms with E-state index < -0.39 is 59.2 Å².